The summed E-state index contributed by atoms with van der Waals surface area (Å²) in [4.78, 5) is 11.0. The Balaban J connectivity index is 0.00000220. The van der Waals surface area contributed by atoms with E-state index in [4.69, 9.17) is 4.98 Å². The van der Waals surface area contributed by atoms with Gasteiger partial charge in [0.05, 0.1) is 15.7 Å². The molecule has 7 aromatic rings. The van der Waals surface area contributed by atoms with Crippen LogP contribution in [0.3, 0.4) is 0 Å². The van der Waals surface area contributed by atoms with Gasteiger partial charge in [-0.25, -0.2) is 4.98 Å². The van der Waals surface area contributed by atoms with Gasteiger partial charge in [0.15, 0.2) is 0 Å². The van der Waals surface area contributed by atoms with Gasteiger partial charge in [-0.05, 0) is 96.8 Å². The summed E-state index contributed by atoms with van der Waals surface area (Å²) in [5, 5.41) is 3.57. The number of hydrogen-bond acceptors (Lipinski definition) is 3. The van der Waals surface area contributed by atoms with Gasteiger partial charge in [-0.1, -0.05) is 126 Å². The quantitative estimate of drug-likeness (QED) is 0.130. The number of fused-ring (bicyclic) bond motifs is 5. The summed E-state index contributed by atoms with van der Waals surface area (Å²) in [7, 11) is 0. The van der Waals surface area contributed by atoms with Crippen molar-refractivity contribution in [2.45, 2.75) is 65.7 Å². The number of para-hydroxylation sites is 2. The lowest BCUT2D eigenvalue weighted by Gasteiger charge is -2.35. The number of aryl methyl sites for hydroxylation is 1. The molecule has 5 aromatic carbocycles. The second-order valence-corrected chi connectivity index (χ2v) is 13.9. The normalized spacial score (nSPS) is 12.1. The van der Waals surface area contributed by atoms with Crippen LogP contribution in [0.25, 0.3) is 42.6 Å². The van der Waals surface area contributed by atoms with Crippen LogP contribution in [0.4, 0.5) is 11.4 Å². The molecule has 0 fully saturated rings. The molecule has 0 atom stereocenters. The van der Waals surface area contributed by atoms with Gasteiger partial charge in [-0.3, -0.25) is 0 Å². The van der Waals surface area contributed by atoms with E-state index >= 15 is 0 Å². The third-order valence-corrected chi connectivity index (χ3v) is 11.2. The van der Waals surface area contributed by atoms with Crippen molar-refractivity contribution in [1.29, 1.82) is 0 Å². The number of rotatable bonds is 12. The second-order valence-electron chi connectivity index (χ2n) is 13.0. The Bertz CT molecular complexity index is 2280. The highest BCUT2D eigenvalue weighted by Crippen LogP contribution is 2.42. The molecule has 2 aromatic heterocycles. The number of allylic oxidation sites excluding steroid dienone is 4. The van der Waals surface area contributed by atoms with Crippen LogP contribution in [-0.4, -0.2) is 9.97 Å². The van der Waals surface area contributed by atoms with Crippen LogP contribution in [-0.2, 0) is 11.8 Å². The predicted octanol–water partition coefficient (Wildman–Crippen LogP) is 14.1. The zero-order valence-corrected chi connectivity index (χ0v) is 31.4. The van der Waals surface area contributed by atoms with Crippen LogP contribution < -0.4 is 4.90 Å². The van der Waals surface area contributed by atoms with Crippen LogP contribution in [0.2, 0.25) is 0 Å². The van der Waals surface area contributed by atoms with Gasteiger partial charge in [0, 0.05) is 38.9 Å². The summed E-state index contributed by atoms with van der Waals surface area (Å²) in [6.07, 6.45) is 12.6. The molecular weight excluding hydrogens is 639 g/mol. The molecule has 3 nitrogen and oxygen atoms in total. The zero-order valence-electron chi connectivity index (χ0n) is 30.6. The molecule has 0 radical (unpaired) electrons. The number of nitrogens with one attached hydrogen (secondary N) is 1. The average molecular weight is 688 g/mol. The summed E-state index contributed by atoms with van der Waals surface area (Å²) in [6.45, 7) is 15.1. The number of thiazole rings is 1. The van der Waals surface area contributed by atoms with Gasteiger partial charge >= 0.3 is 0 Å². The second kappa shape index (κ2) is 16.2. The monoisotopic (exact) mass is 687 g/mol. The van der Waals surface area contributed by atoms with Crippen molar-refractivity contribution >= 4 is 54.7 Å². The molecule has 258 valence electrons. The van der Waals surface area contributed by atoms with Crippen molar-refractivity contribution < 1.29 is 0 Å². The molecule has 0 saturated carbocycles. The zero-order chi connectivity index (χ0) is 35.8. The first-order valence-electron chi connectivity index (χ1n) is 18.4. The molecule has 0 saturated heterocycles. The van der Waals surface area contributed by atoms with Gasteiger partial charge in [-0.15, -0.1) is 11.3 Å². The Morgan fingerprint density at radius 1 is 0.843 bits per heavy atom. The van der Waals surface area contributed by atoms with E-state index in [1.54, 1.807) is 11.3 Å². The Labute approximate surface area is 307 Å². The van der Waals surface area contributed by atoms with E-state index in [9.17, 15) is 0 Å². The summed E-state index contributed by atoms with van der Waals surface area (Å²) in [6, 6.07) is 41.2. The molecule has 2 heterocycles. The fourth-order valence-electron chi connectivity index (χ4n) is 6.85. The van der Waals surface area contributed by atoms with Crippen molar-refractivity contribution in [2.75, 3.05) is 4.90 Å². The average Bonchev–Trinajstić information content (AvgIpc) is 3.80. The Hall–Kier alpha value is -5.19. The van der Waals surface area contributed by atoms with Gasteiger partial charge in [0.1, 0.15) is 5.01 Å². The number of H-pyrrole nitrogens is 1. The number of hydrogen-bond donors (Lipinski definition) is 1. The van der Waals surface area contributed by atoms with Gasteiger partial charge in [0.2, 0.25) is 0 Å². The van der Waals surface area contributed by atoms with Crippen molar-refractivity contribution in [2.24, 2.45) is 0 Å². The summed E-state index contributed by atoms with van der Waals surface area (Å²) < 4.78 is 1.21. The third-order valence-electron chi connectivity index (χ3n) is 10.0. The fourth-order valence-corrected chi connectivity index (χ4v) is 7.92. The third kappa shape index (κ3) is 7.34. The van der Waals surface area contributed by atoms with Crippen LogP contribution in [0.15, 0.2) is 152 Å². The van der Waals surface area contributed by atoms with Crippen LogP contribution in [0.1, 0.15) is 65.0 Å². The molecule has 7 rings (SSSR count). The number of nitrogens with zero attached hydrogens (tertiary/aromatic N) is 2. The van der Waals surface area contributed by atoms with Gasteiger partial charge < -0.3 is 9.88 Å². The number of aromatic amines is 1. The van der Waals surface area contributed by atoms with Crippen molar-refractivity contribution in [3.05, 3.63) is 163 Å². The predicted molar refractivity (Wildman–Crippen MR) is 224 cm³/mol. The molecule has 51 heavy (non-hydrogen) atoms. The first-order valence-corrected chi connectivity index (χ1v) is 19.2. The molecule has 1 N–H and O–H groups in total. The SMILES string of the molecule is C=C/C=C(\C=C/CCc1ccc2[nH]c3c(ccc4nc(-c5ccccc5)sc43)c2c1)N(c1ccccc1)c1ccccc1C(C)(CC)CC.CC. The lowest BCUT2D eigenvalue weighted by atomic mass is 9.76. The Kier molecular flexibility index (Phi) is 11.3. The van der Waals surface area contributed by atoms with E-state index in [1.165, 1.54) is 37.8 Å². The molecule has 0 spiro atoms. The summed E-state index contributed by atoms with van der Waals surface area (Å²) in [5.74, 6) is 0. The lowest BCUT2D eigenvalue weighted by molar-refractivity contribution is 0.439. The minimum absolute atomic E-state index is 0.0731. The minimum Gasteiger partial charge on any atom is -0.353 e. The maximum atomic E-state index is 4.95. The van der Waals surface area contributed by atoms with E-state index < -0.39 is 0 Å². The molecule has 0 aliphatic heterocycles. The highest BCUT2D eigenvalue weighted by atomic mass is 32.1. The van der Waals surface area contributed by atoms with E-state index in [0.29, 0.717) is 0 Å². The van der Waals surface area contributed by atoms with E-state index in [-0.39, 0.29) is 5.41 Å². The molecule has 0 aliphatic rings. The first-order chi connectivity index (χ1) is 25.0. The summed E-state index contributed by atoms with van der Waals surface area (Å²) in [5.41, 5.74) is 10.8. The van der Waals surface area contributed by atoms with Crippen molar-refractivity contribution in [3.8, 4) is 10.6 Å². The molecule has 0 amide bonds. The molecule has 4 heteroatoms. The maximum absolute atomic E-state index is 4.95. The molecule has 0 aliphatic carbocycles. The minimum atomic E-state index is 0.0731. The Morgan fingerprint density at radius 2 is 1.55 bits per heavy atom. The first kappa shape index (κ1) is 35.6. The summed E-state index contributed by atoms with van der Waals surface area (Å²) >= 11 is 1.76. The topological polar surface area (TPSA) is 31.9 Å². The van der Waals surface area contributed by atoms with Crippen molar-refractivity contribution in [3.63, 3.8) is 0 Å². The van der Waals surface area contributed by atoms with Crippen molar-refractivity contribution in [1.82, 2.24) is 9.97 Å². The van der Waals surface area contributed by atoms with Crippen LogP contribution in [0.5, 0.6) is 0 Å². The van der Waals surface area contributed by atoms with Gasteiger partial charge in [0.25, 0.3) is 0 Å². The van der Waals surface area contributed by atoms with E-state index in [1.807, 2.05) is 26.0 Å². The van der Waals surface area contributed by atoms with E-state index in [2.05, 4.69) is 165 Å². The number of aromatic nitrogens is 2. The molecule has 0 unspecified atom stereocenters. The largest absolute Gasteiger partial charge is 0.353 e. The molecular formula is C47H49N3S. The smallest absolute Gasteiger partial charge is 0.124 e. The molecule has 0 bridgehead atoms. The van der Waals surface area contributed by atoms with Crippen LogP contribution >= 0.6 is 11.3 Å². The fraction of sp³-hybridized carbons (Fsp3) is 0.213. The Morgan fingerprint density at radius 3 is 2.27 bits per heavy atom. The maximum Gasteiger partial charge on any atom is 0.124 e. The highest BCUT2D eigenvalue weighted by Gasteiger charge is 2.28. The highest BCUT2D eigenvalue weighted by molar-refractivity contribution is 7.22. The van der Waals surface area contributed by atoms with Gasteiger partial charge in [-0.2, -0.15) is 0 Å². The number of benzene rings is 5. The van der Waals surface area contributed by atoms with Crippen LogP contribution in [0, 0.1) is 0 Å². The standard InChI is InChI=1S/C45H43N3S.C2H6/c1-5-18-34(48(35-22-12-9-13-23-35)41-26-17-16-25-38(41)45(4,6-2)7-3)24-15-14-19-32-27-29-39-37(31-32)36-28-30-40-43(42(36)46-39)49-44(47-40)33-20-10-8-11-21-33;1-2/h5,8-13,15-18,20-31,46H,1,6-7,14,19H2,2-4H3;1-2H3/b24-15-,34-18+;. The van der Waals surface area contributed by atoms with E-state index in [0.717, 1.165) is 58.7 Å². The lowest BCUT2D eigenvalue weighted by Crippen LogP contribution is -2.25. The number of anilines is 2.